The van der Waals surface area contributed by atoms with E-state index in [1.165, 1.54) is 22.4 Å². The number of fused-ring (bicyclic) bond motifs is 1. The number of carbonyl (C=O) groups excluding carboxylic acids is 2. The van der Waals surface area contributed by atoms with Gasteiger partial charge in [0, 0.05) is 19.2 Å². The smallest absolute Gasteiger partial charge is 0.338 e. The molecule has 0 atom stereocenters. The molecule has 5 heteroatoms. The molecule has 0 N–H and O–H groups in total. The lowest BCUT2D eigenvalue weighted by molar-refractivity contribution is -0.133. The summed E-state index contributed by atoms with van der Waals surface area (Å²) < 4.78 is 10.5. The SMILES string of the molecule is COc1ccccc1CN(C)C(=O)COC(=O)c1ccc2c(c1)CCCC2. The van der Waals surface area contributed by atoms with E-state index in [-0.39, 0.29) is 12.5 Å². The summed E-state index contributed by atoms with van der Waals surface area (Å²) in [7, 11) is 3.28. The van der Waals surface area contributed by atoms with Crippen molar-refractivity contribution in [2.75, 3.05) is 20.8 Å². The number of benzene rings is 2. The molecule has 1 amide bonds. The molecular formula is C22H25NO4. The molecule has 0 aromatic heterocycles. The summed E-state index contributed by atoms with van der Waals surface area (Å²) in [5.41, 5.74) is 3.94. The molecule has 27 heavy (non-hydrogen) atoms. The second kappa shape index (κ2) is 8.71. The van der Waals surface area contributed by atoms with Crippen molar-refractivity contribution in [3.05, 3.63) is 64.7 Å². The first-order valence-corrected chi connectivity index (χ1v) is 9.23. The van der Waals surface area contributed by atoms with E-state index in [2.05, 4.69) is 0 Å². The van der Waals surface area contributed by atoms with Crippen molar-refractivity contribution >= 4 is 11.9 Å². The molecule has 1 aliphatic rings. The minimum Gasteiger partial charge on any atom is -0.496 e. The van der Waals surface area contributed by atoms with E-state index >= 15 is 0 Å². The largest absolute Gasteiger partial charge is 0.496 e. The van der Waals surface area contributed by atoms with Crippen LogP contribution in [-0.2, 0) is 28.9 Å². The van der Waals surface area contributed by atoms with Crippen LogP contribution in [0.5, 0.6) is 5.75 Å². The van der Waals surface area contributed by atoms with Gasteiger partial charge in [0.05, 0.1) is 12.7 Å². The number of ether oxygens (including phenoxy) is 2. The lowest BCUT2D eigenvalue weighted by Crippen LogP contribution is -2.31. The van der Waals surface area contributed by atoms with E-state index in [0.29, 0.717) is 12.1 Å². The number of hydrogen-bond acceptors (Lipinski definition) is 4. The molecule has 0 bridgehead atoms. The Morgan fingerprint density at radius 2 is 1.78 bits per heavy atom. The molecule has 0 radical (unpaired) electrons. The highest BCUT2D eigenvalue weighted by molar-refractivity contribution is 5.91. The molecule has 0 aliphatic heterocycles. The van der Waals surface area contributed by atoms with Crippen LogP contribution in [0.1, 0.15) is 39.9 Å². The lowest BCUT2D eigenvalue weighted by atomic mass is 9.90. The van der Waals surface area contributed by atoms with Gasteiger partial charge in [0.15, 0.2) is 6.61 Å². The van der Waals surface area contributed by atoms with Crippen LogP contribution in [0, 0.1) is 0 Å². The first-order valence-electron chi connectivity index (χ1n) is 9.23. The Bertz CT molecular complexity index is 831. The van der Waals surface area contributed by atoms with Gasteiger partial charge in [-0.05, 0) is 55.0 Å². The molecule has 0 spiro atoms. The Labute approximate surface area is 159 Å². The van der Waals surface area contributed by atoms with Crippen LogP contribution in [0.3, 0.4) is 0 Å². The number of methoxy groups -OCH3 is 1. The molecule has 1 aliphatic carbocycles. The number of esters is 1. The highest BCUT2D eigenvalue weighted by Crippen LogP contribution is 2.22. The van der Waals surface area contributed by atoms with Crippen LogP contribution >= 0.6 is 0 Å². The van der Waals surface area contributed by atoms with E-state index in [4.69, 9.17) is 9.47 Å². The minimum atomic E-state index is -0.456. The summed E-state index contributed by atoms with van der Waals surface area (Å²) in [4.78, 5) is 26.2. The van der Waals surface area contributed by atoms with Gasteiger partial charge in [0.25, 0.3) is 5.91 Å². The average molecular weight is 367 g/mol. The van der Waals surface area contributed by atoms with Gasteiger partial charge in [-0.3, -0.25) is 4.79 Å². The number of likely N-dealkylation sites (N-methyl/N-ethyl adjacent to an activating group) is 1. The Morgan fingerprint density at radius 3 is 2.56 bits per heavy atom. The zero-order chi connectivity index (χ0) is 19.2. The molecule has 2 aromatic carbocycles. The second-order valence-corrected chi connectivity index (χ2v) is 6.83. The van der Waals surface area contributed by atoms with E-state index < -0.39 is 5.97 Å². The van der Waals surface area contributed by atoms with Crippen LogP contribution in [0.2, 0.25) is 0 Å². The van der Waals surface area contributed by atoms with Crippen molar-refractivity contribution < 1.29 is 19.1 Å². The van der Waals surface area contributed by atoms with Crippen molar-refractivity contribution in [3.63, 3.8) is 0 Å². The average Bonchev–Trinajstić information content (AvgIpc) is 2.71. The molecular weight excluding hydrogens is 342 g/mol. The maximum absolute atomic E-state index is 12.3. The maximum Gasteiger partial charge on any atom is 0.338 e. The summed E-state index contributed by atoms with van der Waals surface area (Å²) in [6, 6.07) is 13.2. The van der Waals surface area contributed by atoms with Crippen molar-refractivity contribution in [3.8, 4) is 5.75 Å². The minimum absolute atomic E-state index is 0.257. The topological polar surface area (TPSA) is 55.8 Å². The monoisotopic (exact) mass is 367 g/mol. The Morgan fingerprint density at radius 1 is 1.04 bits per heavy atom. The predicted molar refractivity (Wildman–Crippen MR) is 103 cm³/mol. The highest BCUT2D eigenvalue weighted by atomic mass is 16.5. The summed E-state index contributed by atoms with van der Waals surface area (Å²) >= 11 is 0. The third kappa shape index (κ3) is 4.67. The molecule has 5 nitrogen and oxygen atoms in total. The van der Waals surface area contributed by atoms with Crippen LogP contribution < -0.4 is 4.74 Å². The van der Waals surface area contributed by atoms with Crippen LogP contribution in [0.4, 0.5) is 0 Å². The number of para-hydroxylation sites is 1. The Kier molecular flexibility index (Phi) is 6.12. The predicted octanol–water partition coefficient (Wildman–Crippen LogP) is 3.39. The zero-order valence-corrected chi connectivity index (χ0v) is 15.9. The number of rotatable bonds is 6. The lowest BCUT2D eigenvalue weighted by Gasteiger charge is -2.19. The van der Waals surface area contributed by atoms with Crippen molar-refractivity contribution in [1.29, 1.82) is 0 Å². The molecule has 0 saturated heterocycles. The Balaban J connectivity index is 1.56. The van der Waals surface area contributed by atoms with E-state index in [1.807, 2.05) is 36.4 Å². The first-order chi connectivity index (χ1) is 13.1. The Hall–Kier alpha value is -2.82. The molecule has 0 heterocycles. The fraction of sp³-hybridized carbons (Fsp3) is 0.364. The molecule has 0 fully saturated rings. The zero-order valence-electron chi connectivity index (χ0n) is 15.9. The van der Waals surface area contributed by atoms with E-state index in [9.17, 15) is 9.59 Å². The molecule has 0 saturated carbocycles. The van der Waals surface area contributed by atoms with Gasteiger partial charge in [0.1, 0.15) is 5.75 Å². The summed E-state index contributed by atoms with van der Waals surface area (Å²) in [6.45, 7) is 0.112. The fourth-order valence-electron chi connectivity index (χ4n) is 3.36. The normalized spacial score (nSPS) is 12.8. The van der Waals surface area contributed by atoms with Crippen LogP contribution in [-0.4, -0.2) is 37.5 Å². The van der Waals surface area contributed by atoms with Gasteiger partial charge in [-0.2, -0.15) is 0 Å². The van der Waals surface area contributed by atoms with Crippen LogP contribution in [0.15, 0.2) is 42.5 Å². The first kappa shape index (κ1) is 19.0. The van der Waals surface area contributed by atoms with Crippen molar-refractivity contribution in [2.45, 2.75) is 32.2 Å². The fourth-order valence-corrected chi connectivity index (χ4v) is 3.36. The van der Waals surface area contributed by atoms with Crippen molar-refractivity contribution in [1.82, 2.24) is 4.90 Å². The van der Waals surface area contributed by atoms with E-state index in [0.717, 1.165) is 30.6 Å². The number of amides is 1. The van der Waals surface area contributed by atoms with Gasteiger partial charge in [-0.25, -0.2) is 4.79 Å². The molecule has 3 rings (SSSR count). The third-order valence-corrected chi connectivity index (χ3v) is 4.94. The summed E-state index contributed by atoms with van der Waals surface area (Å²) in [6.07, 6.45) is 4.41. The maximum atomic E-state index is 12.3. The third-order valence-electron chi connectivity index (χ3n) is 4.94. The molecule has 2 aromatic rings. The van der Waals surface area contributed by atoms with Gasteiger partial charge in [-0.1, -0.05) is 24.3 Å². The summed E-state index contributed by atoms with van der Waals surface area (Å²) in [5.74, 6) is 0.0119. The van der Waals surface area contributed by atoms with Crippen LogP contribution in [0.25, 0.3) is 0 Å². The van der Waals surface area contributed by atoms with Gasteiger partial charge in [-0.15, -0.1) is 0 Å². The molecule has 142 valence electrons. The van der Waals surface area contributed by atoms with Gasteiger partial charge >= 0.3 is 5.97 Å². The number of hydrogen-bond donors (Lipinski definition) is 0. The summed E-state index contributed by atoms with van der Waals surface area (Å²) in [5, 5.41) is 0. The van der Waals surface area contributed by atoms with Crippen molar-refractivity contribution in [2.24, 2.45) is 0 Å². The standard InChI is InChI=1S/C22H25NO4/c1-23(14-19-9-5-6-10-20(19)26-2)21(24)15-27-22(25)18-12-11-16-7-3-4-8-17(16)13-18/h5-6,9-13H,3-4,7-8,14-15H2,1-2H3. The highest BCUT2D eigenvalue weighted by Gasteiger charge is 2.17. The number of carbonyl (C=O) groups is 2. The quantitative estimate of drug-likeness (QED) is 0.735. The molecule has 0 unspecified atom stereocenters. The van der Waals surface area contributed by atoms with E-state index in [1.54, 1.807) is 20.2 Å². The number of aryl methyl sites for hydroxylation is 2. The van der Waals surface area contributed by atoms with Gasteiger partial charge < -0.3 is 14.4 Å². The second-order valence-electron chi connectivity index (χ2n) is 6.83. The number of nitrogens with zero attached hydrogens (tertiary/aromatic N) is 1. The van der Waals surface area contributed by atoms with Gasteiger partial charge in [0.2, 0.25) is 0 Å².